The summed E-state index contributed by atoms with van der Waals surface area (Å²) >= 11 is 0. The fraction of sp³-hybridized carbons (Fsp3) is 0.556. The molecule has 2 rings (SSSR count). The van der Waals surface area contributed by atoms with Crippen molar-refractivity contribution in [3.63, 3.8) is 0 Å². The Kier molecular flexibility index (Phi) is 2.04. The zero-order valence-electron chi connectivity index (χ0n) is 7.38. The molecular weight excluding hydrogens is 150 g/mol. The summed E-state index contributed by atoms with van der Waals surface area (Å²) in [5.74, 6) is 0.838. The minimum Gasteiger partial charge on any atom is -0.373 e. The maximum Gasteiger partial charge on any atom is 0.0541 e. The fourth-order valence-corrected chi connectivity index (χ4v) is 1.52. The van der Waals surface area contributed by atoms with Crippen LogP contribution in [0.3, 0.4) is 0 Å². The number of aromatic amines is 1. The lowest BCUT2D eigenvalue weighted by atomic mass is 10.0. The molecule has 2 heterocycles. The van der Waals surface area contributed by atoms with Crippen LogP contribution in [0.1, 0.15) is 0 Å². The van der Waals surface area contributed by atoms with Crippen molar-refractivity contribution >= 4 is 5.69 Å². The molecule has 1 aromatic rings. The molecule has 1 aromatic heterocycles. The highest BCUT2D eigenvalue weighted by Gasteiger charge is 2.18. The van der Waals surface area contributed by atoms with E-state index in [1.165, 1.54) is 18.8 Å². The smallest absolute Gasteiger partial charge is 0.0541 e. The number of rotatable bonds is 3. The lowest BCUT2D eigenvalue weighted by Crippen LogP contribution is -2.47. The van der Waals surface area contributed by atoms with Crippen molar-refractivity contribution in [2.45, 2.75) is 0 Å². The van der Waals surface area contributed by atoms with E-state index in [4.69, 9.17) is 0 Å². The van der Waals surface area contributed by atoms with Crippen LogP contribution in [0.5, 0.6) is 0 Å². The molecule has 0 spiro atoms. The number of nitrogens with one attached hydrogen (secondary N) is 2. The predicted molar refractivity (Wildman–Crippen MR) is 50.4 cm³/mol. The zero-order chi connectivity index (χ0) is 8.39. The van der Waals surface area contributed by atoms with Gasteiger partial charge >= 0.3 is 0 Å². The Labute approximate surface area is 72.8 Å². The first-order chi connectivity index (χ1) is 5.86. The third-order valence-corrected chi connectivity index (χ3v) is 2.42. The summed E-state index contributed by atoms with van der Waals surface area (Å²) in [6.07, 6.45) is 4.00. The summed E-state index contributed by atoms with van der Waals surface area (Å²) in [5, 5.41) is 3.28. The Balaban J connectivity index is 1.87. The Bertz CT molecular complexity index is 226. The molecule has 0 atom stereocenters. The normalized spacial score (nSPS) is 17.4. The van der Waals surface area contributed by atoms with Crippen LogP contribution in [0.25, 0.3) is 0 Å². The van der Waals surface area contributed by atoms with Crippen molar-refractivity contribution < 1.29 is 0 Å². The molecule has 1 aliphatic heterocycles. The molecule has 3 nitrogen and oxygen atoms in total. The van der Waals surface area contributed by atoms with E-state index < -0.39 is 0 Å². The summed E-state index contributed by atoms with van der Waals surface area (Å²) in [5.41, 5.74) is 1.28. The van der Waals surface area contributed by atoms with Crippen LogP contribution in [0.2, 0.25) is 0 Å². The number of aromatic nitrogens is 1. The molecule has 1 aliphatic rings. The van der Waals surface area contributed by atoms with E-state index in [-0.39, 0.29) is 0 Å². The zero-order valence-corrected chi connectivity index (χ0v) is 7.38. The van der Waals surface area contributed by atoms with Crippen molar-refractivity contribution in [3.05, 3.63) is 18.5 Å². The molecule has 12 heavy (non-hydrogen) atoms. The van der Waals surface area contributed by atoms with Gasteiger partial charge in [0.2, 0.25) is 0 Å². The molecular formula is C9H15N3. The number of hydrogen-bond acceptors (Lipinski definition) is 2. The van der Waals surface area contributed by atoms with E-state index >= 15 is 0 Å². The first-order valence-electron chi connectivity index (χ1n) is 4.41. The fourth-order valence-electron chi connectivity index (χ4n) is 1.52. The van der Waals surface area contributed by atoms with Crippen LogP contribution >= 0.6 is 0 Å². The Hall–Kier alpha value is -0.960. The monoisotopic (exact) mass is 165 g/mol. The topological polar surface area (TPSA) is 31.1 Å². The van der Waals surface area contributed by atoms with E-state index in [0.717, 1.165) is 12.5 Å². The average Bonchev–Trinajstić information content (AvgIpc) is 2.47. The number of hydrogen-bond donors (Lipinski definition) is 2. The molecule has 0 bridgehead atoms. The predicted octanol–water partition coefficient (Wildman–Crippen LogP) is 0.670. The van der Waals surface area contributed by atoms with Crippen LogP contribution in [0.4, 0.5) is 5.69 Å². The van der Waals surface area contributed by atoms with E-state index in [0.29, 0.717) is 0 Å². The van der Waals surface area contributed by atoms with Gasteiger partial charge in [-0.3, -0.25) is 0 Å². The summed E-state index contributed by atoms with van der Waals surface area (Å²) in [4.78, 5) is 5.36. The molecule has 3 heteroatoms. The van der Waals surface area contributed by atoms with Crippen LogP contribution in [0, 0.1) is 5.92 Å². The molecule has 1 saturated heterocycles. The first kappa shape index (κ1) is 7.68. The quantitative estimate of drug-likeness (QED) is 0.689. The van der Waals surface area contributed by atoms with Crippen LogP contribution in [-0.2, 0) is 0 Å². The van der Waals surface area contributed by atoms with Crippen molar-refractivity contribution in [2.75, 3.05) is 31.6 Å². The third-order valence-electron chi connectivity index (χ3n) is 2.42. The van der Waals surface area contributed by atoms with Crippen molar-refractivity contribution in [3.8, 4) is 0 Å². The molecule has 0 amide bonds. The van der Waals surface area contributed by atoms with E-state index in [9.17, 15) is 0 Å². The maximum atomic E-state index is 3.28. The van der Waals surface area contributed by atoms with Crippen molar-refractivity contribution in [2.24, 2.45) is 5.92 Å². The Morgan fingerprint density at radius 1 is 1.58 bits per heavy atom. The minimum atomic E-state index is 0.838. The van der Waals surface area contributed by atoms with Crippen molar-refractivity contribution in [1.82, 2.24) is 10.3 Å². The number of anilines is 1. The first-order valence-corrected chi connectivity index (χ1v) is 4.41. The summed E-state index contributed by atoms with van der Waals surface area (Å²) in [6.45, 7) is 3.51. The van der Waals surface area contributed by atoms with Gasteiger partial charge in [-0.25, -0.2) is 0 Å². The molecule has 0 saturated carbocycles. The van der Waals surface area contributed by atoms with Gasteiger partial charge in [0.15, 0.2) is 0 Å². The van der Waals surface area contributed by atoms with E-state index in [1.54, 1.807) is 0 Å². The van der Waals surface area contributed by atoms with Gasteiger partial charge in [-0.15, -0.1) is 0 Å². The second-order valence-corrected chi connectivity index (χ2v) is 3.47. The minimum absolute atomic E-state index is 0.838. The molecule has 0 aromatic carbocycles. The largest absolute Gasteiger partial charge is 0.373 e. The van der Waals surface area contributed by atoms with Crippen LogP contribution < -0.4 is 10.2 Å². The van der Waals surface area contributed by atoms with Gasteiger partial charge in [0.1, 0.15) is 0 Å². The standard InChI is InChI=1S/C9H15N3/c1-12(7-8-4-11-5-8)9-2-3-10-6-9/h2-3,6,8,10-11H,4-5,7H2,1H3. The maximum absolute atomic E-state index is 3.28. The average molecular weight is 165 g/mol. The molecule has 66 valence electrons. The number of H-pyrrole nitrogens is 1. The molecule has 1 fully saturated rings. The van der Waals surface area contributed by atoms with Crippen LogP contribution in [-0.4, -0.2) is 31.7 Å². The Morgan fingerprint density at radius 3 is 2.92 bits per heavy atom. The molecule has 0 aliphatic carbocycles. The molecule has 0 unspecified atom stereocenters. The summed E-state index contributed by atoms with van der Waals surface area (Å²) < 4.78 is 0. The summed E-state index contributed by atoms with van der Waals surface area (Å²) in [6, 6.07) is 2.10. The SMILES string of the molecule is CN(CC1CNC1)c1cc[nH]c1. The number of nitrogens with zero attached hydrogens (tertiary/aromatic N) is 1. The third kappa shape index (κ3) is 1.46. The molecule has 0 radical (unpaired) electrons. The lowest BCUT2D eigenvalue weighted by Gasteiger charge is -2.31. The van der Waals surface area contributed by atoms with Gasteiger partial charge in [0, 0.05) is 45.0 Å². The van der Waals surface area contributed by atoms with Gasteiger partial charge in [0.25, 0.3) is 0 Å². The van der Waals surface area contributed by atoms with E-state index in [1.807, 2.05) is 12.4 Å². The van der Waals surface area contributed by atoms with Crippen LogP contribution in [0.15, 0.2) is 18.5 Å². The highest BCUT2D eigenvalue weighted by atomic mass is 15.1. The van der Waals surface area contributed by atoms with E-state index in [2.05, 4.69) is 28.3 Å². The van der Waals surface area contributed by atoms with Gasteiger partial charge in [-0.2, -0.15) is 0 Å². The highest BCUT2D eigenvalue weighted by molar-refractivity contribution is 5.43. The second kappa shape index (κ2) is 3.19. The van der Waals surface area contributed by atoms with Crippen molar-refractivity contribution in [1.29, 1.82) is 0 Å². The molecule has 2 N–H and O–H groups in total. The van der Waals surface area contributed by atoms with Gasteiger partial charge in [-0.1, -0.05) is 0 Å². The van der Waals surface area contributed by atoms with Gasteiger partial charge in [-0.05, 0) is 6.07 Å². The second-order valence-electron chi connectivity index (χ2n) is 3.47. The lowest BCUT2D eigenvalue weighted by molar-refractivity contribution is 0.353. The van der Waals surface area contributed by atoms with Gasteiger partial charge in [0.05, 0.1) is 5.69 Å². The van der Waals surface area contributed by atoms with Gasteiger partial charge < -0.3 is 15.2 Å². The highest BCUT2D eigenvalue weighted by Crippen LogP contribution is 2.13. The summed E-state index contributed by atoms with van der Waals surface area (Å²) in [7, 11) is 2.14. The Morgan fingerprint density at radius 2 is 2.42 bits per heavy atom.